The number of rotatable bonds is 4. The molecule has 0 saturated carbocycles. The molecule has 19 heavy (non-hydrogen) atoms. The molecule has 0 fully saturated rings. The van der Waals surface area contributed by atoms with Gasteiger partial charge in [-0.25, -0.2) is 0 Å². The normalized spacial score (nSPS) is 10.3. The van der Waals surface area contributed by atoms with E-state index in [2.05, 4.69) is 44.5 Å². The monoisotopic (exact) mass is 255 g/mol. The van der Waals surface area contributed by atoms with E-state index >= 15 is 0 Å². The van der Waals surface area contributed by atoms with Crippen molar-refractivity contribution in [2.75, 3.05) is 14.2 Å². The maximum Gasteiger partial charge on any atom is 0.122 e. The molecule has 0 atom stereocenters. The minimum absolute atomic E-state index is 0.877. The highest BCUT2D eigenvalue weighted by Crippen LogP contribution is 2.29. The summed E-state index contributed by atoms with van der Waals surface area (Å²) < 4.78 is 10.8. The lowest BCUT2D eigenvalue weighted by Gasteiger charge is -2.12. The Morgan fingerprint density at radius 1 is 0.737 bits per heavy atom. The van der Waals surface area contributed by atoms with E-state index in [-0.39, 0.29) is 0 Å². The summed E-state index contributed by atoms with van der Waals surface area (Å²) in [6.45, 7) is 4.11. The predicted octanol–water partition coefficient (Wildman–Crippen LogP) is 3.92. The van der Waals surface area contributed by atoms with Gasteiger partial charge in [-0.2, -0.15) is 0 Å². The molecule has 0 aliphatic carbocycles. The maximum absolute atomic E-state index is 5.42. The van der Waals surface area contributed by atoms with Gasteiger partial charge < -0.3 is 9.47 Å². The zero-order chi connectivity index (χ0) is 13.8. The molecule has 0 saturated heterocycles. The van der Waals surface area contributed by atoms with E-state index in [4.69, 9.17) is 9.47 Å². The summed E-state index contributed by atoms with van der Waals surface area (Å²) in [5.41, 5.74) is 4.47. The van der Waals surface area contributed by atoms with Gasteiger partial charge in [0, 0.05) is 17.5 Å². The van der Waals surface area contributed by atoms with Crippen molar-refractivity contribution in [3.05, 3.63) is 65.1 Å². The number of hydrogen-bond acceptors (Lipinski definition) is 2. The van der Waals surface area contributed by atoms with Crippen molar-refractivity contribution in [1.82, 2.24) is 0 Å². The van der Waals surface area contributed by atoms with Gasteiger partial charge in [0.25, 0.3) is 0 Å². The van der Waals surface area contributed by atoms with Gasteiger partial charge in [0.2, 0.25) is 0 Å². The van der Waals surface area contributed by atoms with Crippen LogP contribution in [0.5, 0.6) is 11.5 Å². The quantitative estimate of drug-likeness (QED) is 0.824. The number of ether oxygens (including phenoxy) is 2. The average Bonchev–Trinajstić information content (AvgIpc) is 2.42. The Kier molecular flexibility index (Phi) is 4.10. The van der Waals surface area contributed by atoms with Crippen LogP contribution < -0.4 is 9.47 Å². The fourth-order valence-electron chi connectivity index (χ4n) is 2.04. The number of hydrogen-bond donors (Lipinski definition) is 0. The summed E-state index contributed by atoms with van der Waals surface area (Å²) in [7, 11) is 3.39. The fourth-order valence-corrected chi connectivity index (χ4v) is 2.04. The van der Waals surface area contributed by atoms with Gasteiger partial charge in [-0.1, -0.05) is 24.3 Å². The summed E-state index contributed by atoms with van der Waals surface area (Å²) >= 11 is 0. The van der Waals surface area contributed by atoms with E-state index in [0.717, 1.165) is 22.6 Å². The van der Waals surface area contributed by atoms with Gasteiger partial charge in [-0.05, 0) is 37.1 Å². The smallest absolute Gasteiger partial charge is 0.122 e. The standard InChI is InChI=1S/C17H19O2/c1-12-5-7-14(16(9-12)18-3)11-15-8-6-13(2)10-17(15)19-4/h5-11H,1-4H3. The van der Waals surface area contributed by atoms with Crippen molar-refractivity contribution < 1.29 is 9.47 Å². The Labute approximate surface area is 115 Å². The Morgan fingerprint density at radius 3 is 1.53 bits per heavy atom. The highest BCUT2D eigenvalue weighted by Gasteiger charge is 2.09. The largest absolute Gasteiger partial charge is 0.496 e. The first-order valence-electron chi connectivity index (χ1n) is 6.28. The zero-order valence-electron chi connectivity index (χ0n) is 11.9. The first kappa shape index (κ1) is 13.5. The molecule has 2 aromatic carbocycles. The summed E-state index contributed by atoms with van der Waals surface area (Å²) in [5.74, 6) is 1.75. The summed E-state index contributed by atoms with van der Waals surface area (Å²) in [4.78, 5) is 0. The van der Waals surface area contributed by atoms with Gasteiger partial charge in [0.1, 0.15) is 11.5 Å². The molecule has 0 unspecified atom stereocenters. The van der Waals surface area contributed by atoms with Crippen LogP contribution in [0.25, 0.3) is 0 Å². The molecule has 0 amide bonds. The number of methoxy groups -OCH3 is 2. The van der Waals surface area contributed by atoms with Crippen molar-refractivity contribution >= 4 is 0 Å². The van der Waals surface area contributed by atoms with Crippen LogP contribution in [-0.4, -0.2) is 14.2 Å². The molecule has 1 radical (unpaired) electrons. The van der Waals surface area contributed by atoms with Crippen molar-refractivity contribution in [3.63, 3.8) is 0 Å². The molecular weight excluding hydrogens is 236 g/mol. The molecule has 2 aromatic rings. The van der Waals surface area contributed by atoms with Crippen molar-refractivity contribution in [3.8, 4) is 11.5 Å². The minimum atomic E-state index is 0.877. The molecule has 0 N–H and O–H groups in total. The van der Waals surface area contributed by atoms with Crippen LogP contribution in [0.2, 0.25) is 0 Å². The molecule has 2 rings (SSSR count). The van der Waals surface area contributed by atoms with Crippen LogP contribution in [0, 0.1) is 20.3 Å². The second kappa shape index (κ2) is 5.79. The van der Waals surface area contributed by atoms with E-state index in [1.165, 1.54) is 11.1 Å². The lowest BCUT2D eigenvalue weighted by Crippen LogP contribution is -1.96. The molecule has 2 heteroatoms. The van der Waals surface area contributed by atoms with Crippen molar-refractivity contribution in [2.24, 2.45) is 0 Å². The SMILES string of the molecule is COc1cc(C)ccc1[CH]c1ccc(C)cc1OC. The highest BCUT2D eigenvalue weighted by molar-refractivity contribution is 5.52. The lowest BCUT2D eigenvalue weighted by atomic mass is 10.0. The first-order valence-corrected chi connectivity index (χ1v) is 6.28. The van der Waals surface area contributed by atoms with Crippen LogP contribution in [0.3, 0.4) is 0 Å². The maximum atomic E-state index is 5.42. The predicted molar refractivity (Wildman–Crippen MR) is 78.0 cm³/mol. The molecule has 0 aromatic heterocycles. The van der Waals surface area contributed by atoms with Gasteiger partial charge >= 0.3 is 0 Å². The number of benzene rings is 2. The lowest BCUT2D eigenvalue weighted by molar-refractivity contribution is 0.409. The second-order valence-corrected chi connectivity index (χ2v) is 4.64. The van der Waals surface area contributed by atoms with Crippen LogP contribution in [0.4, 0.5) is 0 Å². The topological polar surface area (TPSA) is 18.5 Å². The Bertz CT molecular complexity index is 522. The van der Waals surface area contributed by atoms with Crippen LogP contribution >= 0.6 is 0 Å². The van der Waals surface area contributed by atoms with E-state index in [1.807, 2.05) is 12.1 Å². The third-order valence-electron chi connectivity index (χ3n) is 3.09. The van der Waals surface area contributed by atoms with Gasteiger partial charge in [0.05, 0.1) is 14.2 Å². The van der Waals surface area contributed by atoms with Gasteiger partial charge in [-0.15, -0.1) is 0 Å². The Hall–Kier alpha value is -1.96. The summed E-state index contributed by atoms with van der Waals surface area (Å²) in [6, 6.07) is 12.4. The Balaban J connectivity index is 2.36. The molecule has 0 spiro atoms. The van der Waals surface area contributed by atoms with Crippen LogP contribution in [0.1, 0.15) is 22.3 Å². The average molecular weight is 255 g/mol. The third kappa shape index (κ3) is 3.08. The highest BCUT2D eigenvalue weighted by atomic mass is 16.5. The van der Waals surface area contributed by atoms with Gasteiger partial charge in [0.15, 0.2) is 0 Å². The Morgan fingerprint density at radius 2 is 1.16 bits per heavy atom. The molecule has 0 bridgehead atoms. The number of aryl methyl sites for hydroxylation is 2. The molecule has 2 nitrogen and oxygen atoms in total. The van der Waals surface area contributed by atoms with E-state index in [1.54, 1.807) is 14.2 Å². The second-order valence-electron chi connectivity index (χ2n) is 4.64. The molecule has 99 valence electrons. The van der Waals surface area contributed by atoms with E-state index < -0.39 is 0 Å². The zero-order valence-corrected chi connectivity index (χ0v) is 11.9. The molecular formula is C17H19O2. The van der Waals surface area contributed by atoms with Crippen molar-refractivity contribution in [2.45, 2.75) is 13.8 Å². The van der Waals surface area contributed by atoms with Gasteiger partial charge in [-0.3, -0.25) is 0 Å². The van der Waals surface area contributed by atoms with E-state index in [0.29, 0.717) is 0 Å². The van der Waals surface area contributed by atoms with E-state index in [9.17, 15) is 0 Å². The van der Waals surface area contributed by atoms with Crippen molar-refractivity contribution in [1.29, 1.82) is 0 Å². The van der Waals surface area contributed by atoms with Crippen LogP contribution in [0.15, 0.2) is 36.4 Å². The third-order valence-corrected chi connectivity index (χ3v) is 3.09. The first-order chi connectivity index (χ1) is 9.13. The summed E-state index contributed by atoms with van der Waals surface area (Å²) in [6.07, 6.45) is 2.08. The fraction of sp³-hybridized carbons (Fsp3) is 0.235. The molecule has 0 heterocycles. The van der Waals surface area contributed by atoms with Crippen LogP contribution in [-0.2, 0) is 0 Å². The molecule has 0 aliphatic heterocycles. The molecule has 0 aliphatic rings. The minimum Gasteiger partial charge on any atom is -0.496 e. The summed E-state index contributed by atoms with van der Waals surface area (Å²) in [5, 5.41) is 0.